The Morgan fingerprint density at radius 3 is 1.38 bits per heavy atom. The fraction of sp³-hybridized carbons (Fsp3) is 0.946. The molecule has 1 N–H and O–H groups in total. The Bertz CT molecular complexity index is 789. The Morgan fingerprint density at radius 1 is 0.596 bits per heavy atom. The highest BCUT2D eigenvalue weighted by Gasteiger charge is 2.26. The molecule has 0 aromatic carbocycles. The van der Waals surface area contributed by atoms with E-state index < -0.39 is 32.5 Å². The first kappa shape index (κ1) is 46.0. The van der Waals surface area contributed by atoms with Gasteiger partial charge in [-0.3, -0.25) is 18.6 Å². The van der Waals surface area contributed by atoms with Crippen LogP contribution in [-0.4, -0.2) is 74.9 Å². The Morgan fingerprint density at radius 2 is 1.00 bits per heavy atom. The van der Waals surface area contributed by atoms with Crippen molar-refractivity contribution in [1.82, 2.24) is 0 Å². The highest BCUT2D eigenvalue weighted by Crippen LogP contribution is 2.43. The van der Waals surface area contributed by atoms with E-state index >= 15 is 0 Å². The van der Waals surface area contributed by atoms with Gasteiger partial charge in [-0.25, -0.2) is 4.57 Å². The van der Waals surface area contributed by atoms with E-state index in [2.05, 4.69) is 6.92 Å². The largest absolute Gasteiger partial charge is 0.472 e. The molecule has 2 unspecified atom stereocenters. The molecule has 0 saturated carbocycles. The summed E-state index contributed by atoms with van der Waals surface area (Å²) in [5.41, 5.74) is 0. The van der Waals surface area contributed by atoms with Crippen molar-refractivity contribution < 1.29 is 42.1 Å². The summed E-state index contributed by atoms with van der Waals surface area (Å²) in [6.45, 7) is 3.84. The molecular weight excluding hydrogens is 617 g/mol. The van der Waals surface area contributed by atoms with Gasteiger partial charge >= 0.3 is 19.8 Å². The minimum atomic E-state index is -4.33. The molecule has 0 saturated heterocycles. The van der Waals surface area contributed by atoms with E-state index in [4.69, 9.17) is 18.5 Å². The fourth-order valence-corrected chi connectivity index (χ4v) is 6.09. The van der Waals surface area contributed by atoms with Crippen LogP contribution in [0.5, 0.6) is 0 Å². The number of nitrogens with zero attached hydrogens (tertiary/aromatic N) is 1. The van der Waals surface area contributed by atoms with Gasteiger partial charge in [-0.2, -0.15) is 0 Å². The van der Waals surface area contributed by atoms with Crippen molar-refractivity contribution in [3.05, 3.63) is 0 Å². The van der Waals surface area contributed by atoms with Crippen molar-refractivity contribution in [1.29, 1.82) is 0 Å². The second-order valence-corrected chi connectivity index (χ2v) is 15.7. The SMILES string of the molecule is CCCCCCCCCCCCCCCCCCCCCCCCCC(=O)OC(COC(=O)CC)COP(=O)(O)OCC[N+](C)(C)C. The normalized spacial score (nSPS) is 13.7. The average Bonchev–Trinajstić information content (AvgIpc) is 3.01. The summed E-state index contributed by atoms with van der Waals surface area (Å²) < 4.78 is 33.3. The molecule has 280 valence electrons. The van der Waals surface area contributed by atoms with Crippen molar-refractivity contribution in [3.8, 4) is 0 Å². The van der Waals surface area contributed by atoms with Crippen LogP contribution in [0.4, 0.5) is 0 Å². The molecule has 0 fully saturated rings. The maximum absolute atomic E-state index is 12.4. The Kier molecular flexibility index (Phi) is 30.4. The minimum absolute atomic E-state index is 0.0338. The molecule has 0 spiro atoms. The molecule has 10 heteroatoms. The molecule has 0 aliphatic rings. The molecule has 0 amide bonds. The summed E-state index contributed by atoms with van der Waals surface area (Å²) in [4.78, 5) is 34.0. The fourth-order valence-electron chi connectivity index (χ4n) is 5.35. The van der Waals surface area contributed by atoms with Crippen molar-refractivity contribution in [2.45, 2.75) is 180 Å². The maximum Gasteiger partial charge on any atom is 0.472 e. The predicted octanol–water partition coefficient (Wildman–Crippen LogP) is 10.1. The molecule has 0 rings (SSSR count). The Hall–Kier alpha value is -0.990. The number of hydrogen-bond acceptors (Lipinski definition) is 7. The zero-order valence-corrected chi connectivity index (χ0v) is 32.2. The summed E-state index contributed by atoms with van der Waals surface area (Å²) in [6, 6.07) is 0. The van der Waals surface area contributed by atoms with E-state index in [0.29, 0.717) is 17.4 Å². The number of phosphoric ester groups is 1. The van der Waals surface area contributed by atoms with Gasteiger partial charge in [0.05, 0.1) is 27.7 Å². The lowest BCUT2D eigenvalue weighted by Gasteiger charge is -2.24. The topological polar surface area (TPSA) is 108 Å². The van der Waals surface area contributed by atoms with Gasteiger partial charge in [0.2, 0.25) is 0 Å². The van der Waals surface area contributed by atoms with Gasteiger partial charge in [0.15, 0.2) is 6.10 Å². The van der Waals surface area contributed by atoms with E-state index in [-0.39, 0.29) is 26.1 Å². The number of carbonyl (C=O) groups excluding carboxylic acids is 2. The monoisotopic (exact) mass is 693 g/mol. The molecule has 0 aliphatic carbocycles. The molecular formula is C37H75NO8P+. The van der Waals surface area contributed by atoms with E-state index in [1.54, 1.807) is 6.92 Å². The van der Waals surface area contributed by atoms with Crippen molar-refractivity contribution in [3.63, 3.8) is 0 Å². The predicted molar refractivity (Wildman–Crippen MR) is 192 cm³/mol. The van der Waals surface area contributed by atoms with Gasteiger partial charge in [-0.1, -0.05) is 155 Å². The summed E-state index contributed by atoms with van der Waals surface area (Å²) in [5, 5.41) is 0. The number of hydrogen-bond donors (Lipinski definition) is 1. The van der Waals surface area contributed by atoms with Crippen LogP contribution >= 0.6 is 7.82 Å². The number of ether oxygens (including phenoxy) is 2. The summed E-state index contributed by atoms with van der Waals surface area (Å²) in [7, 11) is 1.48. The first-order chi connectivity index (χ1) is 22.5. The van der Waals surface area contributed by atoms with Crippen LogP contribution < -0.4 is 0 Å². The highest BCUT2D eigenvalue weighted by molar-refractivity contribution is 7.47. The summed E-state index contributed by atoms with van der Waals surface area (Å²) in [5.74, 6) is -0.888. The van der Waals surface area contributed by atoms with Crippen LogP contribution in [-0.2, 0) is 32.7 Å². The molecule has 2 atom stereocenters. The number of unbranched alkanes of at least 4 members (excludes halogenated alkanes) is 22. The molecule has 0 aromatic rings. The smallest absolute Gasteiger partial charge is 0.462 e. The highest BCUT2D eigenvalue weighted by atomic mass is 31.2. The summed E-state index contributed by atoms with van der Waals surface area (Å²) in [6.07, 6.45) is 29.7. The van der Waals surface area contributed by atoms with Gasteiger partial charge in [0.25, 0.3) is 0 Å². The van der Waals surface area contributed by atoms with E-state index in [0.717, 1.165) is 12.8 Å². The van der Waals surface area contributed by atoms with Gasteiger partial charge in [-0.05, 0) is 6.42 Å². The number of likely N-dealkylation sites (N-methyl/N-ethyl adjacent to an activating group) is 1. The first-order valence-corrected chi connectivity index (χ1v) is 20.8. The van der Waals surface area contributed by atoms with Gasteiger partial charge in [0.1, 0.15) is 19.8 Å². The van der Waals surface area contributed by atoms with E-state index in [1.165, 1.54) is 128 Å². The summed E-state index contributed by atoms with van der Waals surface area (Å²) >= 11 is 0. The Balaban J connectivity index is 3.79. The quantitative estimate of drug-likeness (QED) is 0.0303. The Labute approximate surface area is 289 Å². The van der Waals surface area contributed by atoms with Gasteiger partial charge in [-0.15, -0.1) is 0 Å². The lowest BCUT2D eigenvalue weighted by molar-refractivity contribution is -0.870. The number of esters is 2. The third-order valence-corrected chi connectivity index (χ3v) is 9.43. The third kappa shape index (κ3) is 34.7. The van der Waals surface area contributed by atoms with Crippen LogP contribution in [0.3, 0.4) is 0 Å². The second kappa shape index (κ2) is 31.0. The number of quaternary nitrogens is 1. The van der Waals surface area contributed by atoms with E-state index in [1.807, 2.05) is 21.1 Å². The van der Waals surface area contributed by atoms with Gasteiger partial charge < -0.3 is 18.9 Å². The molecule has 9 nitrogen and oxygen atoms in total. The molecule has 0 bridgehead atoms. The molecule has 0 aliphatic heterocycles. The molecule has 0 heterocycles. The molecule has 0 radical (unpaired) electrons. The van der Waals surface area contributed by atoms with Gasteiger partial charge in [0, 0.05) is 12.8 Å². The lowest BCUT2D eigenvalue weighted by Crippen LogP contribution is -2.37. The number of rotatable bonds is 35. The van der Waals surface area contributed by atoms with Crippen LogP contribution in [0.15, 0.2) is 0 Å². The minimum Gasteiger partial charge on any atom is -0.462 e. The van der Waals surface area contributed by atoms with Crippen molar-refractivity contribution >= 4 is 19.8 Å². The lowest BCUT2D eigenvalue weighted by atomic mass is 10.0. The average molecular weight is 693 g/mol. The maximum atomic E-state index is 12.4. The second-order valence-electron chi connectivity index (χ2n) is 14.3. The van der Waals surface area contributed by atoms with Crippen LogP contribution in [0.1, 0.15) is 174 Å². The first-order valence-electron chi connectivity index (χ1n) is 19.3. The van der Waals surface area contributed by atoms with E-state index in [9.17, 15) is 19.0 Å². The third-order valence-electron chi connectivity index (χ3n) is 8.44. The van der Waals surface area contributed by atoms with Crippen molar-refractivity contribution in [2.75, 3.05) is 47.5 Å². The number of carbonyl (C=O) groups is 2. The van der Waals surface area contributed by atoms with Crippen LogP contribution in [0, 0.1) is 0 Å². The number of phosphoric acid groups is 1. The van der Waals surface area contributed by atoms with Crippen molar-refractivity contribution in [2.24, 2.45) is 0 Å². The molecule has 47 heavy (non-hydrogen) atoms. The van der Waals surface area contributed by atoms with Crippen LogP contribution in [0.25, 0.3) is 0 Å². The zero-order chi connectivity index (χ0) is 35.1. The van der Waals surface area contributed by atoms with Crippen LogP contribution in [0.2, 0.25) is 0 Å². The molecule has 0 aromatic heterocycles. The zero-order valence-electron chi connectivity index (χ0n) is 31.3. The standard InChI is InChI=1S/C37H74NO8P/c1-6-8-9-10-11-12-13-14-15-16-17-18-19-20-21-22-23-24-25-26-27-28-29-30-37(40)46-35(33-43-36(39)7-2)34-45-47(41,42)44-32-31-38(3,4)5/h35H,6-34H2,1-5H3/p+1.